The van der Waals surface area contributed by atoms with E-state index in [1.807, 2.05) is 30.3 Å². The van der Waals surface area contributed by atoms with Gasteiger partial charge in [-0.05, 0) is 44.7 Å². The van der Waals surface area contributed by atoms with E-state index in [1.54, 1.807) is 23.3 Å². The van der Waals surface area contributed by atoms with E-state index in [-0.39, 0.29) is 17.7 Å². The Kier molecular flexibility index (Phi) is 6.29. The number of ether oxygens (including phenoxy) is 1. The fourth-order valence-electron chi connectivity index (χ4n) is 3.77. The molecule has 0 N–H and O–H groups in total. The van der Waals surface area contributed by atoms with Gasteiger partial charge in [-0.1, -0.05) is 30.3 Å². The highest BCUT2D eigenvalue weighted by Gasteiger charge is 2.45. The summed E-state index contributed by atoms with van der Waals surface area (Å²) >= 11 is 1.28. The van der Waals surface area contributed by atoms with Gasteiger partial charge in [0.1, 0.15) is 0 Å². The zero-order chi connectivity index (χ0) is 20.1. The lowest BCUT2D eigenvalue weighted by molar-refractivity contribution is -0.158. The molecule has 0 aliphatic carbocycles. The minimum absolute atomic E-state index is 0.0485. The van der Waals surface area contributed by atoms with Crippen molar-refractivity contribution in [2.24, 2.45) is 5.41 Å². The molecule has 2 heterocycles. The normalized spacial score (nSPS) is 19.3. The molecule has 3 rings (SSSR count). The summed E-state index contributed by atoms with van der Waals surface area (Å²) < 4.78 is 5.41. The maximum atomic E-state index is 13.0. The highest BCUT2D eigenvalue weighted by atomic mass is 32.1. The molecule has 1 aliphatic rings. The van der Waals surface area contributed by atoms with Crippen molar-refractivity contribution in [3.63, 3.8) is 0 Å². The van der Waals surface area contributed by atoms with E-state index in [9.17, 15) is 14.4 Å². The molecule has 6 heteroatoms. The van der Waals surface area contributed by atoms with Crippen molar-refractivity contribution in [2.45, 2.75) is 33.1 Å². The third-order valence-electron chi connectivity index (χ3n) is 5.15. The number of carbonyl (C=O) groups is 3. The van der Waals surface area contributed by atoms with Crippen LogP contribution in [-0.4, -0.2) is 42.3 Å². The van der Waals surface area contributed by atoms with Crippen LogP contribution >= 0.6 is 11.3 Å². The van der Waals surface area contributed by atoms with Crippen LogP contribution in [0.15, 0.2) is 41.8 Å². The molecule has 0 saturated carbocycles. The third-order valence-corrected chi connectivity index (χ3v) is 6.18. The monoisotopic (exact) mass is 399 g/mol. The molecule has 0 bridgehead atoms. The number of benzene rings is 1. The molecule has 2 aromatic rings. The van der Waals surface area contributed by atoms with E-state index in [1.165, 1.54) is 18.3 Å². The largest absolute Gasteiger partial charge is 0.466 e. The Bertz CT molecular complexity index is 860. The van der Waals surface area contributed by atoms with Gasteiger partial charge in [-0.3, -0.25) is 14.4 Å². The number of carbonyl (C=O) groups excluding carboxylic acids is 3. The van der Waals surface area contributed by atoms with Gasteiger partial charge >= 0.3 is 5.97 Å². The van der Waals surface area contributed by atoms with Gasteiger partial charge in [-0.25, -0.2) is 0 Å². The predicted octanol–water partition coefficient (Wildman–Crippen LogP) is 3.98. The van der Waals surface area contributed by atoms with Crippen molar-refractivity contribution in [1.82, 2.24) is 4.90 Å². The van der Waals surface area contributed by atoms with Gasteiger partial charge in [0, 0.05) is 18.5 Å². The number of thiophene rings is 1. The number of rotatable bonds is 6. The molecule has 1 aromatic heterocycles. The first-order valence-corrected chi connectivity index (χ1v) is 10.4. The molecule has 148 valence electrons. The molecule has 5 nitrogen and oxygen atoms in total. The quantitative estimate of drug-likeness (QED) is 0.544. The molecule has 1 saturated heterocycles. The molecule has 1 unspecified atom stereocenters. The highest BCUT2D eigenvalue weighted by Crippen LogP contribution is 2.36. The summed E-state index contributed by atoms with van der Waals surface area (Å²) in [6.45, 7) is 4.53. The van der Waals surface area contributed by atoms with Crippen molar-refractivity contribution >= 4 is 29.0 Å². The van der Waals surface area contributed by atoms with Crippen molar-refractivity contribution in [3.05, 3.63) is 57.8 Å². The Hall–Kier alpha value is -2.47. The Balaban J connectivity index is 1.85. The van der Waals surface area contributed by atoms with Gasteiger partial charge in [-0.15, -0.1) is 11.3 Å². The van der Waals surface area contributed by atoms with E-state index >= 15 is 0 Å². The van der Waals surface area contributed by atoms with Crippen molar-refractivity contribution < 1.29 is 19.1 Å². The van der Waals surface area contributed by atoms with Crippen molar-refractivity contribution in [3.8, 4) is 0 Å². The van der Waals surface area contributed by atoms with Gasteiger partial charge < -0.3 is 9.64 Å². The molecule has 1 atom stereocenters. The molecule has 1 amide bonds. The average Bonchev–Trinajstić information content (AvgIpc) is 3.19. The van der Waals surface area contributed by atoms with Gasteiger partial charge in [0.2, 0.25) is 0 Å². The molecule has 1 aromatic carbocycles. The zero-order valence-electron chi connectivity index (χ0n) is 16.3. The number of nitrogens with zero attached hydrogens (tertiary/aromatic N) is 1. The van der Waals surface area contributed by atoms with Crippen molar-refractivity contribution in [1.29, 1.82) is 0 Å². The summed E-state index contributed by atoms with van der Waals surface area (Å²) in [6, 6.07) is 11.5. The fourth-order valence-corrected chi connectivity index (χ4v) is 4.56. The van der Waals surface area contributed by atoms with Crippen LogP contribution in [0.5, 0.6) is 0 Å². The third kappa shape index (κ3) is 4.33. The first-order chi connectivity index (χ1) is 13.4. The summed E-state index contributed by atoms with van der Waals surface area (Å²) in [5.41, 5.74) is 0.818. The van der Waals surface area contributed by atoms with E-state index < -0.39 is 5.41 Å². The lowest BCUT2D eigenvalue weighted by atomic mass is 9.75. The second-order valence-electron chi connectivity index (χ2n) is 7.25. The molecule has 0 spiro atoms. The number of ketones is 1. The lowest BCUT2D eigenvalue weighted by Crippen LogP contribution is -2.51. The Morgan fingerprint density at radius 1 is 1.21 bits per heavy atom. The summed E-state index contributed by atoms with van der Waals surface area (Å²) in [6.07, 6.45) is 1.96. The molecule has 28 heavy (non-hydrogen) atoms. The average molecular weight is 400 g/mol. The number of amides is 1. The van der Waals surface area contributed by atoms with Gasteiger partial charge in [0.25, 0.3) is 5.91 Å². The summed E-state index contributed by atoms with van der Waals surface area (Å²) in [5, 5.41) is 1.72. The second-order valence-corrected chi connectivity index (χ2v) is 8.16. The van der Waals surface area contributed by atoms with E-state index in [0.717, 1.165) is 12.0 Å². The SMILES string of the molecule is CCOC(=O)C1(Cc2ccccc2)CCCN(C(=O)c2csc(C(C)=O)c2)C1. The molecule has 0 radical (unpaired) electrons. The maximum Gasteiger partial charge on any atom is 0.314 e. The summed E-state index contributed by atoms with van der Waals surface area (Å²) in [7, 11) is 0. The highest BCUT2D eigenvalue weighted by molar-refractivity contribution is 7.12. The van der Waals surface area contributed by atoms with Gasteiger partial charge in [-0.2, -0.15) is 0 Å². The Morgan fingerprint density at radius 2 is 1.96 bits per heavy atom. The number of Topliss-reactive ketones (excluding diaryl/α,β-unsaturated/α-hetero) is 1. The number of esters is 1. The van der Waals surface area contributed by atoms with Crippen LogP contribution in [0.2, 0.25) is 0 Å². The molecular formula is C22H25NO4S. The van der Waals surface area contributed by atoms with Crippen LogP contribution in [0, 0.1) is 5.41 Å². The maximum absolute atomic E-state index is 13.0. The van der Waals surface area contributed by atoms with E-state index in [2.05, 4.69) is 0 Å². The minimum atomic E-state index is -0.745. The lowest BCUT2D eigenvalue weighted by Gasteiger charge is -2.41. The van der Waals surface area contributed by atoms with Gasteiger partial charge in [0.05, 0.1) is 22.5 Å². The van der Waals surface area contributed by atoms with Crippen LogP contribution in [-0.2, 0) is 16.0 Å². The summed E-state index contributed by atoms with van der Waals surface area (Å²) in [5.74, 6) is -0.427. The van der Waals surface area contributed by atoms with Crippen LogP contribution in [0.1, 0.15) is 52.3 Å². The predicted molar refractivity (Wildman–Crippen MR) is 109 cm³/mol. The van der Waals surface area contributed by atoms with Crippen molar-refractivity contribution in [2.75, 3.05) is 19.7 Å². The number of likely N-dealkylation sites (tertiary alicyclic amines) is 1. The Labute approximate surface area is 169 Å². The molecule has 1 aliphatic heterocycles. The van der Waals surface area contributed by atoms with Crippen LogP contribution < -0.4 is 0 Å². The zero-order valence-corrected chi connectivity index (χ0v) is 17.1. The molecule has 1 fully saturated rings. The van der Waals surface area contributed by atoms with Gasteiger partial charge in [0.15, 0.2) is 5.78 Å². The number of hydrogen-bond donors (Lipinski definition) is 0. The first kappa shape index (κ1) is 20.3. The van der Waals surface area contributed by atoms with E-state index in [4.69, 9.17) is 4.74 Å². The number of piperidine rings is 1. The molecular weight excluding hydrogens is 374 g/mol. The van der Waals surface area contributed by atoms with Crippen LogP contribution in [0.25, 0.3) is 0 Å². The topological polar surface area (TPSA) is 63.7 Å². The second kappa shape index (κ2) is 8.69. The summed E-state index contributed by atoms with van der Waals surface area (Å²) in [4.78, 5) is 39.8. The standard InChI is InChI=1S/C22H25NO4S/c1-3-27-21(26)22(13-17-8-5-4-6-9-17)10-7-11-23(15-22)20(25)18-12-19(16(2)24)28-14-18/h4-6,8-9,12,14H,3,7,10-11,13,15H2,1-2H3. The smallest absolute Gasteiger partial charge is 0.314 e. The van der Waals surface area contributed by atoms with Crippen LogP contribution in [0.3, 0.4) is 0 Å². The van der Waals surface area contributed by atoms with Crippen LogP contribution in [0.4, 0.5) is 0 Å². The first-order valence-electron chi connectivity index (χ1n) is 9.55. The fraction of sp³-hybridized carbons (Fsp3) is 0.409. The number of hydrogen-bond acceptors (Lipinski definition) is 5. The van der Waals surface area contributed by atoms with E-state index in [0.29, 0.717) is 43.0 Å². The Morgan fingerprint density at radius 3 is 2.61 bits per heavy atom. The minimum Gasteiger partial charge on any atom is -0.466 e.